The van der Waals surface area contributed by atoms with Gasteiger partial charge in [0.15, 0.2) is 0 Å². The number of benzene rings is 2. The summed E-state index contributed by atoms with van der Waals surface area (Å²) in [5, 5.41) is 5.65. The first-order valence-electron chi connectivity index (χ1n) is 10.3. The lowest BCUT2D eigenvalue weighted by atomic mass is 10.1. The molecule has 0 bridgehead atoms. The number of rotatable bonds is 9. The first-order valence-corrected chi connectivity index (χ1v) is 11.5. The highest BCUT2D eigenvalue weighted by Crippen LogP contribution is 2.35. The summed E-state index contributed by atoms with van der Waals surface area (Å²) in [4.78, 5) is 19.3. The second-order valence-electron chi connectivity index (χ2n) is 7.52. The molecule has 3 rings (SSSR count). The maximum atomic E-state index is 13.7. The normalized spacial score (nSPS) is 11.2. The van der Waals surface area contributed by atoms with E-state index in [9.17, 15) is 18.0 Å². The number of nitrogens with zero attached hydrogens (tertiary/aromatic N) is 3. The van der Waals surface area contributed by atoms with E-state index in [1.807, 2.05) is 42.7 Å². The van der Waals surface area contributed by atoms with Crippen LogP contribution in [-0.4, -0.2) is 36.3 Å². The third-order valence-electron chi connectivity index (χ3n) is 5.13. The number of alkyl halides is 3. The van der Waals surface area contributed by atoms with Crippen molar-refractivity contribution in [2.24, 2.45) is 5.73 Å². The van der Waals surface area contributed by atoms with Crippen molar-refractivity contribution in [1.29, 1.82) is 0 Å². The number of methoxy groups -OCH3 is 1. The monoisotopic (exact) mass is 506 g/mol. The predicted molar refractivity (Wildman–Crippen MR) is 132 cm³/mol. The highest BCUT2D eigenvalue weighted by atomic mass is 32.2. The predicted octanol–water partition coefficient (Wildman–Crippen LogP) is 4.98. The maximum Gasteiger partial charge on any atom is 0.421 e. The standard InChI is InChI=1S/C23H25F3N6O2S/c1-13-5-6-15(18(9-13)32(2)35-4)11-28-21-16(23(24,25)26)12-29-22(31-21)30-17-8-7-14(20(27)33)10-19(17)34-3/h5-10,12H,11H2,1-4H3,(H2,27,33)(H2,28,29,30,31). The maximum absolute atomic E-state index is 13.7. The van der Waals surface area contributed by atoms with Crippen molar-refractivity contribution in [1.82, 2.24) is 9.97 Å². The van der Waals surface area contributed by atoms with Gasteiger partial charge < -0.3 is 25.4 Å². The van der Waals surface area contributed by atoms with E-state index in [2.05, 4.69) is 20.6 Å². The number of nitrogens with two attached hydrogens (primary N) is 1. The van der Waals surface area contributed by atoms with E-state index in [4.69, 9.17) is 10.5 Å². The topological polar surface area (TPSA) is 105 Å². The van der Waals surface area contributed by atoms with Crippen LogP contribution < -0.4 is 25.4 Å². The number of hydrogen-bond donors (Lipinski definition) is 3. The molecule has 0 aliphatic rings. The number of carbonyl (C=O) groups excluding carboxylic acids is 1. The van der Waals surface area contributed by atoms with Crippen LogP contribution in [0.25, 0.3) is 0 Å². The first-order chi connectivity index (χ1) is 16.5. The molecule has 35 heavy (non-hydrogen) atoms. The van der Waals surface area contributed by atoms with E-state index in [0.717, 1.165) is 16.8 Å². The zero-order valence-corrected chi connectivity index (χ0v) is 20.3. The highest BCUT2D eigenvalue weighted by Gasteiger charge is 2.35. The average molecular weight is 507 g/mol. The van der Waals surface area contributed by atoms with E-state index in [1.165, 1.54) is 37.3 Å². The van der Waals surface area contributed by atoms with Gasteiger partial charge in [-0.1, -0.05) is 24.1 Å². The van der Waals surface area contributed by atoms with Crippen LogP contribution in [0.3, 0.4) is 0 Å². The molecular weight excluding hydrogens is 481 g/mol. The summed E-state index contributed by atoms with van der Waals surface area (Å²) in [6.07, 6.45) is -2.03. The Morgan fingerprint density at radius 1 is 1.23 bits per heavy atom. The Hall–Kier alpha value is -3.67. The van der Waals surface area contributed by atoms with Gasteiger partial charge in [-0.25, -0.2) is 4.98 Å². The van der Waals surface area contributed by atoms with Crippen LogP contribution >= 0.6 is 11.9 Å². The van der Waals surface area contributed by atoms with Crippen molar-refractivity contribution >= 4 is 41.0 Å². The Kier molecular flexibility index (Phi) is 7.95. The van der Waals surface area contributed by atoms with Gasteiger partial charge in [0.2, 0.25) is 11.9 Å². The van der Waals surface area contributed by atoms with E-state index in [-0.39, 0.29) is 29.6 Å². The number of primary amides is 1. The van der Waals surface area contributed by atoms with Crippen molar-refractivity contribution in [2.75, 3.05) is 35.4 Å². The van der Waals surface area contributed by atoms with E-state index in [1.54, 1.807) is 0 Å². The third kappa shape index (κ3) is 6.27. The minimum atomic E-state index is -4.66. The van der Waals surface area contributed by atoms with E-state index >= 15 is 0 Å². The molecule has 0 atom stereocenters. The van der Waals surface area contributed by atoms with E-state index < -0.39 is 17.6 Å². The van der Waals surface area contributed by atoms with Gasteiger partial charge in [-0.3, -0.25) is 4.79 Å². The summed E-state index contributed by atoms with van der Waals surface area (Å²) in [5.41, 5.74) is 7.57. The molecule has 12 heteroatoms. The molecule has 0 spiro atoms. The summed E-state index contributed by atoms with van der Waals surface area (Å²) in [6.45, 7) is 2.06. The van der Waals surface area contributed by atoms with Crippen molar-refractivity contribution < 1.29 is 22.7 Å². The second kappa shape index (κ2) is 10.7. The second-order valence-corrected chi connectivity index (χ2v) is 8.44. The number of carbonyl (C=O) groups is 1. The third-order valence-corrected chi connectivity index (χ3v) is 5.87. The SMILES string of the molecule is COc1cc(C(N)=O)ccc1Nc1ncc(C(F)(F)F)c(NCc2ccc(C)cc2N(C)SC)n1. The average Bonchev–Trinajstić information content (AvgIpc) is 2.82. The van der Waals surface area contributed by atoms with Crippen molar-refractivity contribution in [3.63, 3.8) is 0 Å². The zero-order chi connectivity index (χ0) is 25.8. The van der Waals surface area contributed by atoms with Gasteiger partial charge in [0.1, 0.15) is 17.1 Å². The molecule has 0 aliphatic heterocycles. The van der Waals surface area contributed by atoms with Crippen molar-refractivity contribution in [3.05, 3.63) is 64.8 Å². The molecule has 0 radical (unpaired) electrons. The fraction of sp³-hybridized carbons (Fsp3) is 0.261. The Balaban J connectivity index is 1.93. The lowest BCUT2D eigenvalue weighted by Crippen LogP contribution is -2.16. The van der Waals surface area contributed by atoms with Gasteiger partial charge in [0.25, 0.3) is 0 Å². The molecule has 186 valence electrons. The molecular formula is C23H25F3N6O2S. The van der Waals surface area contributed by atoms with Gasteiger partial charge in [0, 0.05) is 31.6 Å². The number of amides is 1. The lowest BCUT2D eigenvalue weighted by molar-refractivity contribution is -0.137. The molecule has 0 fully saturated rings. The van der Waals surface area contributed by atoms with Crippen LogP contribution in [0.4, 0.5) is 36.3 Å². The number of hydrogen-bond acceptors (Lipinski definition) is 8. The number of halogens is 3. The fourth-order valence-electron chi connectivity index (χ4n) is 3.25. The fourth-order valence-corrected chi connectivity index (χ4v) is 3.61. The number of aromatic nitrogens is 2. The summed E-state index contributed by atoms with van der Waals surface area (Å²) in [7, 11) is 3.27. The minimum Gasteiger partial charge on any atom is -0.495 e. The van der Waals surface area contributed by atoms with Gasteiger partial charge >= 0.3 is 6.18 Å². The molecule has 1 amide bonds. The van der Waals surface area contributed by atoms with Crippen molar-refractivity contribution in [3.8, 4) is 5.75 Å². The largest absolute Gasteiger partial charge is 0.495 e. The minimum absolute atomic E-state index is 0.0870. The van der Waals surface area contributed by atoms with Crippen LogP contribution in [0.5, 0.6) is 5.75 Å². The molecule has 1 heterocycles. The Labute approximate surface area is 205 Å². The molecule has 2 aromatic carbocycles. The van der Waals surface area contributed by atoms with E-state index in [0.29, 0.717) is 11.9 Å². The molecule has 4 N–H and O–H groups in total. The lowest BCUT2D eigenvalue weighted by Gasteiger charge is -2.21. The zero-order valence-electron chi connectivity index (χ0n) is 19.5. The highest BCUT2D eigenvalue weighted by molar-refractivity contribution is 7.99. The van der Waals surface area contributed by atoms with Crippen LogP contribution in [0.2, 0.25) is 0 Å². The Bertz CT molecular complexity index is 1220. The van der Waals surface area contributed by atoms with Crippen LogP contribution in [0.15, 0.2) is 42.6 Å². The van der Waals surface area contributed by atoms with Crippen molar-refractivity contribution in [2.45, 2.75) is 19.6 Å². The molecule has 0 unspecified atom stereocenters. The van der Waals surface area contributed by atoms with Crippen LogP contribution in [-0.2, 0) is 12.7 Å². The van der Waals surface area contributed by atoms with Crippen LogP contribution in [0, 0.1) is 6.92 Å². The quantitative estimate of drug-likeness (QED) is 0.349. The number of anilines is 4. The summed E-state index contributed by atoms with van der Waals surface area (Å²) in [5.74, 6) is -0.851. The molecule has 0 aliphatic carbocycles. The number of aryl methyl sites for hydroxylation is 1. The number of nitrogens with one attached hydrogen (secondary N) is 2. The first kappa shape index (κ1) is 25.9. The van der Waals surface area contributed by atoms with Gasteiger partial charge in [-0.2, -0.15) is 18.2 Å². The molecule has 8 nitrogen and oxygen atoms in total. The van der Waals surface area contributed by atoms with Crippen LogP contribution in [0.1, 0.15) is 27.0 Å². The van der Waals surface area contributed by atoms with Gasteiger partial charge in [-0.15, -0.1) is 0 Å². The summed E-state index contributed by atoms with van der Waals surface area (Å²) >= 11 is 1.49. The van der Waals surface area contributed by atoms with Gasteiger partial charge in [0.05, 0.1) is 18.5 Å². The number of ether oxygens (including phenoxy) is 1. The molecule has 3 aromatic rings. The molecule has 0 saturated heterocycles. The molecule has 0 saturated carbocycles. The summed E-state index contributed by atoms with van der Waals surface area (Å²) in [6, 6.07) is 10.1. The summed E-state index contributed by atoms with van der Waals surface area (Å²) < 4.78 is 48.2. The van der Waals surface area contributed by atoms with Gasteiger partial charge in [-0.05, 0) is 42.3 Å². The molecule has 1 aromatic heterocycles. The Morgan fingerprint density at radius 2 is 1.97 bits per heavy atom. The smallest absolute Gasteiger partial charge is 0.421 e. The Morgan fingerprint density at radius 3 is 2.60 bits per heavy atom.